The van der Waals surface area contributed by atoms with E-state index in [1.807, 2.05) is 0 Å². The van der Waals surface area contributed by atoms with E-state index in [1.165, 1.54) is 32.1 Å². The second kappa shape index (κ2) is 6.37. The minimum Gasteiger partial charge on any atom is -0.313 e. The van der Waals surface area contributed by atoms with Gasteiger partial charge in [-0.2, -0.15) is 5.26 Å². The summed E-state index contributed by atoms with van der Waals surface area (Å²) < 4.78 is 0. The second-order valence-corrected chi connectivity index (χ2v) is 5.78. The molecule has 3 heteroatoms. The van der Waals surface area contributed by atoms with Crippen molar-refractivity contribution in [3.05, 3.63) is 0 Å². The van der Waals surface area contributed by atoms with Crippen molar-refractivity contribution < 1.29 is 0 Å². The Kier molecular flexibility index (Phi) is 4.82. The Hall–Kier alpha value is -0.590. The van der Waals surface area contributed by atoms with E-state index in [1.54, 1.807) is 0 Å². The summed E-state index contributed by atoms with van der Waals surface area (Å²) in [5.74, 6) is 1.83. The van der Waals surface area contributed by atoms with Crippen LogP contribution in [-0.2, 0) is 0 Å². The molecule has 1 saturated carbocycles. The molecule has 1 heterocycles. The van der Waals surface area contributed by atoms with Crippen molar-refractivity contribution in [2.45, 2.75) is 45.1 Å². The summed E-state index contributed by atoms with van der Waals surface area (Å²) in [6.07, 6.45) is 6.80. The molecule has 3 nitrogen and oxygen atoms in total. The molecule has 1 aliphatic heterocycles. The molecule has 2 fully saturated rings. The zero-order valence-corrected chi connectivity index (χ0v) is 11.0. The van der Waals surface area contributed by atoms with Crippen molar-refractivity contribution in [2.24, 2.45) is 11.8 Å². The second-order valence-electron chi connectivity index (χ2n) is 5.78. The molecule has 96 valence electrons. The Balaban J connectivity index is 1.82. The van der Waals surface area contributed by atoms with Crippen LogP contribution in [0.1, 0.15) is 39.0 Å². The number of piperidine rings is 1. The zero-order chi connectivity index (χ0) is 12.1. The third-order valence-electron chi connectivity index (χ3n) is 3.95. The third kappa shape index (κ3) is 4.29. The highest BCUT2D eigenvalue weighted by Crippen LogP contribution is 2.37. The van der Waals surface area contributed by atoms with E-state index in [-0.39, 0.29) is 0 Å². The van der Waals surface area contributed by atoms with E-state index >= 15 is 0 Å². The van der Waals surface area contributed by atoms with Crippen LogP contribution >= 0.6 is 0 Å². The van der Waals surface area contributed by atoms with E-state index < -0.39 is 0 Å². The summed E-state index contributed by atoms with van der Waals surface area (Å²) in [7, 11) is 0. The van der Waals surface area contributed by atoms with Gasteiger partial charge in [0, 0.05) is 19.1 Å². The standard InChI is InChI=1S/C14H25N3/c1-2-6-16-14-9-13(8-12-3-4-12)10-17(11-14)7-5-15/h12-14,16H,2-4,6-11H2,1H3. The van der Waals surface area contributed by atoms with Gasteiger partial charge in [-0.15, -0.1) is 0 Å². The van der Waals surface area contributed by atoms with Gasteiger partial charge in [0.05, 0.1) is 12.6 Å². The van der Waals surface area contributed by atoms with Gasteiger partial charge >= 0.3 is 0 Å². The van der Waals surface area contributed by atoms with E-state index in [0.717, 1.165) is 31.5 Å². The predicted molar refractivity (Wildman–Crippen MR) is 69.6 cm³/mol. The Morgan fingerprint density at radius 2 is 2.12 bits per heavy atom. The highest BCUT2D eigenvalue weighted by Gasteiger charge is 2.31. The molecule has 0 amide bonds. The quantitative estimate of drug-likeness (QED) is 0.716. The van der Waals surface area contributed by atoms with Gasteiger partial charge < -0.3 is 5.32 Å². The smallest absolute Gasteiger partial charge is 0.0866 e. The fourth-order valence-electron chi connectivity index (χ4n) is 3.02. The van der Waals surface area contributed by atoms with Crippen LogP contribution in [0.3, 0.4) is 0 Å². The van der Waals surface area contributed by atoms with E-state index in [2.05, 4.69) is 23.2 Å². The molecular formula is C14H25N3. The third-order valence-corrected chi connectivity index (χ3v) is 3.95. The van der Waals surface area contributed by atoms with Gasteiger partial charge in [0.2, 0.25) is 0 Å². The van der Waals surface area contributed by atoms with Crippen LogP contribution in [0.5, 0.6) is 0 Å². The summed E-state index contributed by atoms with van der Waals surface area (Å²) >= 11 is 0. The first-order valence-electron chi connectivity index (χ1n) is 7.14. The maximum atomic E-state index is 8.85. The lowest BCUT2D eigenvalue weighted by molar-refractivity contribution is 0.146. The van der Waals surface area contributed by atoms with E-state index in [0.29, 0.717) is 12.6 Å². The molecule has 2 atom stereocenters. The fourth-order valence-corrected chi connectivity index (χ4v) is 3.02. The average molecular weight is 235 g/mol. The molecular weight excluding hydrogens is 210 g/mol. The summed E-state index contributed by atoms with van der Waals surface area (Å²) in [5, 5.41) is 12.5. The summed E-state index contributed by atoms with van der Waals surface area (Å²) in [6.45, 7) is 6.14. The van der Waals surface area contributed by atoms with Gasteiger partial charge in [0.15, 0.2) is 0 Å². The number of hydrogen-bond acceptors (Lipinski definition) is 3. The molecule has 0 radical (unpaired) electrons. The van der Waals surface area contributed by atoms with Crippen LogP contribution in [0.2, 0.25) is 0 Å². The van der Waals surface area contributed by atoms with Gasteiger partial charge in [-0.3, -0.25) is 4.90 Å². The average Bonchev–Trinajstić information content (AvgIpc) is 3.10. The maximum Gasteiger partial charge on any atom is 0.0866 e. The molecule has 2 rings (SSSR count). The van der Waals surface area contributed by atoms with Gasteiger partial charge in [-0.05, 0) is 37.6 Å². The van der Waals surface area contributed by atoms with Crippen LogP contribution < -0.4 is 5.32 Å². The SMILES string of the molecule is CCCNC1CC(CC2CC2)CN(CC#N)C1. The van der Waals surface area contributed by atoms with Crippen LogP contribution in [-0.4, -0.2) is 37.1 Å². The lowest BCUT2D eigenvalue weighted by Crippen LogP contribution is -2.49. The molecule has 0 aromatic rings. The molecule has 0 aromatic heterocycles. The molecule has 0 spiro atoms. The lowest BCUT2D eigenvalue weighted by Gasteiger charge is -2.37. The number of nitriles is 1. The Bertz CT molecular complexity index is 267. The van der Waals surface area contributed by atoms with Crippen molar-refractivity contribution in [3.63, 3.8) is 0 Å². The zero-order valence-electron chi connectivity index (χ0n) is 11.0. The van der Waals surface area contributed by atoms with Crippen molar-refractivity contribution >= 4 is 0 Å². The molecule has 1 N–H and O–H groups in total. The number of likely N-dealkylation sites (tertiary alicyclic amines) is 1. The number of nitrogens with zero attached hydrogens (tertiary/aromatic N) is 2. The van der Waals surface area contributed by atoms with E-state index in [9.17, 15) is 0 Å². The first-order chi connectivity index (χ1) is 8.31. The molecule has 0 aromatic carbocycles. The van der Waals surface area contributed by atoms with Gasteiger partial charge in [-0.25, -0.2) is 0 Å². The highest BCUT2D eigenvalue weighted by atomic mass is 15.2. The molecule has 1 aliphatic carbocycles. The first-order valence-corrected chi connectivity index (χ1v) is 7.14. The van der Waals surface area contributed by atoms with Crippen LogP contribution in [0, 0.1) is 23.2 Å². The highest BCUT2D eigenvalue weighted by molar-refractivity contribution is 4.90. The minimum absolute atomic E-state index is 0.603. The largest absolute Gasteiger partial charge is 0.313 e. The van der Waals surface area contributed by atoms with E-state index in [4.69, 9.17) is 5.26 Å². The first kappa shape index (κ1) is 12.9. The topological polar surface area (TPSA) is 39.1 Å². The summed E-state index contributed by atoms with van der Waals surface area (Å²) in [6, 6.07) is 2.91. The fraction of sp³-hybridized carbons (Fsp3) is 0.929. The monoisotopic (exact) mass is 235 g/mol. The molecule has 17 heavy (non-hydrogen) atoms. The van der Waals surface area contributed by atoms with Crippen LogP contribution in [0.25, 0.3) is 0 Å². The number of rotatable bonds is 6. The Morgan fingerprint density at radius 1 is 1.29 bits per heavy atom. The lowest BCUT2D eigenvalue weighted by atomic mass is 9.89. The summed E-state index contributed by atoms with van der Waals surface area (Å²) in [5.41, 5.74) is 0. The predicted octanol–water partition coefficient (Wildman–Crippen LogP) is 2.00. The summed E-state index contributed by atoms with van der Waals surface area (Å²) in [4.78, 5) is 2.34. The molecule has 2 unspecified atom stereocenters. The number of nitrogens with one attached hydrogen (secondary N) is 1. The van der Waals surface area contributed by atoms with Crippen LogP contribution in [0.15, 0.2) is 0 Å². The van der Waals surface area contributed by atoms with Crippen molar-refractivity contribution in [1.82, 2.24) is 10.2 Å². The number of hydrogen-bond donors (Lipinski definition) is 1. The Morgan fingerprint density at radius 3 is 2.76 bits per heavy atom. The maximum absolute atomic E-state index is 8.85. The van der Waals surface area contributed by atoms with Gasteiger partial charge in [0.1, 0.15) is 0 Å². The van der Waals surface area contributed by atoms with Crippen LogP contribution in [0.4, 0.5) is 0 Å². The molecule has 2 aliphatic rings. The van der Waals surface area contributed by atoms with Crippen molar-refractivity contribution in [1.29, 1.82) is 5.26 Å². The minimum atomic E-state index is 0.603. The van der Waals surface area contributed by atoms with Gasteiger partial charge in [0.25, 0.3) is 0 Å². The Labute approximate surface area is 105 Å². The molecule has 0 bridgehead atoms. The van der Waals surface area contributed by atoms with Crippen molar-refractivity contribution in [2.75, 3.05) is 26.2 Å². The molecule has 1 saturated heterocycles. The van der Waals surface area contributed by atoms with Crippen molar-refractivity contribution in [3.8, 4) is 6.07 Å². The normalized spacial score (nSPS) is 30.1. The van der Waals surface area contributed by atoms with Gasteiger partial charge in [-0.1, -0.05) is 19.8 Å².